The van der Waals surface area contributed by atoms with E-state index in [-0.39, 0.29) is 0 Å². The Morgan fingerprint density at radius 3 is 2.84 bits per heavy atom. The van der Waals surface area contributed by atoms with Gasteiger partial charge in [0.25, 0.3) is 0 Å². The maximum atomic E-state index is 4.89. The number of fused-ring (bicyclic) bond motifs is 1. The minimum atomic E-state index is 0.857. The molecule has 1 saturated carbocycles. The lowest BCUT2D eigenvalue weighted by Gasteiger charge is -2.11. The van der Waals surface area contributed by atoms with E-state index in [1.54, 1.807) is 0 Å². The van der Waals surface area contributed by atoms with Crippen LogP contribution >= 0.6 is 15.9 Å². The van der Waals surface area contributed by atoms with Gasteiger partial charge in [0.1, 0.15) is 5.82 Å². The summed E-state index contributed by atoms with van der Waals surface area (Å²) in [6.07, 6.45) is 7.91. The number of halogens is 1. The van der Waals surface area contributed by atoms with Gasteiger partial charge >= 0.3 is 0 Å². The summed E-state index contributed by atoms with van der Waals surface area (Å²) in [5.74, 6) is 2.15. The van der Waals surface area contributed by atoms with Gasteiger partial charge in [0.05, 0.1) is 11.0 Å². The summed E-state index contributed by atoms with van der Waals surface area (Å²) in [6, 6.07) is 6.45. The van der Waals surface area contributed by atoms with Crippen molar-refractivity contribution in [1.82, 2.24) is 9.55 Å². The minimum Gasteiger partial charge on any atom is -0.328 e. The Kier molecular flexibility index (Phi) is 3.92. The monoisotopic (exact) mass is 320 g/mol. The Hall–Kier alpha value is -0.830. The normalized spacial score (nSPS) is 16.5. The van der Waals surface area contributed by atoms with E-state index in [1.807, 2.05) is 0 Å². The molecule has 0 atom stereocenters. The number of hydrogen-bond donors (Lipinski definition) is 0. The fourth-order valence-electron chi connectivity index (χ4n) is 3.25. The molecule has 3 heteroatoms. The number of rotatable bonds is 4. The van der Waals surface area contributed by atoms with E-state index in [2.05, 4.69) is 45.6 Å². The number of hydrogen-bond acceptors (Lipinski definition) is 1. The quantitative estimate of drug-likeness (QED) is 0.780. The Balaban J connectivity index is 1.98. The van der Waals surface area contributed by atoms with Gasteiger partial charge in [0.15, 0.2) is 0 Å². The van der Waals surface area contributed by atoms with Crippen LogP contribution in [0.2, 0.25) is 0 Å². The first-order chi connectivity index (χ1) is 9.28. The van der Waals surface area contributed by atoms with Crippen LogP contribution in [-0.4, -0.2) is 9.55 Å². The summed E-state index contributed by atoms with van der Waals surface area (Å²) >= 11 is 3.54. The van der Waals surface area contributed by atoms with Crippen LogP contribution in [0.25, 0.3) is 11.0 Å². The summed E-state index contributed by atoms with van der Waals surface area (Å²) < 4.78 is 3.55. The molecule has 0 unspecified atom stereocenters. The van der Waals surface area contributed by atoms with Crippen LogP contribution in [0.3, 0.4) is 0 Å². The third-order valence-corrected chi connectivity index (χ3v) is 4.68. The number of nitrogens with zero attached hydrogens (tertiary/aromatic N) is 2. The van der Waals surface area contributed by atoms with Crippen LogP contribution in [-0.2, 0) is 13.0 Å². The third kappa shape index (κ3) is 2.71. The molecule has 0 saturated heterocycles. The first kappa shape index (κ1) is 13.2. The molecule has 0 radical (unpaired) electrons. The zero-order chi connectivity index (χ0) is 13.2. The highest BCUT2D eigenvalue weighted by Gasteiger charge is 2.19. The van der Waals surface area contributed by atoms with Crippen molar-refractivity contribution in [2.24, 2.45) is 5.92 Å². The molecule has 1 aromatic heterocycles. The molecule has 3 rings (SSSR count). The first-order valence-corrected chi connectivity index (χ1v) is 8.22. The van der Waals surface area contributed by atoms with E-state index in [9.17, 15) is 0 Å². The maximum absolute atomic E-state index is 4.89. The highest BCUT2D eigenvalue weighted by Crippen LogP contribution is 2.29. The van der Waals surface area contributed by atoms with Crippen molar-refractivity contribution in [3.63, 3.8) is 0 Å². The Bertz CT molecular complexity index is 567. The smallest absolute Gasteiger partial charge is 0.110 e. The number of aromatic nitrogens is 2. The van der Waals surface area contributed by atoms with Crippen LogP contribution in [0.4, 0.5) is 0 Å². The van der Waals surface area contributed by atoms with E-state index >= 15 is 0 Å². The van der Waals surface area contributed by atoms with Gasteiger partial charge in [-0.05, 0) is 30.5 Å². The second kappa shape index (κ2) is 5.66. The summed E-state index contributed by atoms with van der Waals surface area (Å²) in [5.41, 5.74) is 2.42. The third-order valence-electron chi connectivity index (χ3n) is 4.18. The predicted molar refractivity (Wildman–Crippen MR) is 83.4 cm³/mol. The SMILES string of the molecule is CCCn1c(CC2CCCC2)nc2cc(Br)ccc21. The standard InChI is InChI=1S/C16H21BrN2/c1-2-9-19-15-8-7-13(17)11-14(15)18-16(19)10-12-5-3-4-6-12/h7-8,11-12H,2-6,9-10H2,1H3. The van der Waals surface area contributed by atoms with Crippen molar-refractivity contribution in [1.29, 1.82) is 0 Å². The molecule has 0 spiro atoms. The molecular formula is C16H21BrN2. The van der Waals surface area contributed by atoms with Gasteiger partial charge in [0.2, 0.25) is 0 Å². The molecule has 1 heterocycles. The Morgan fingerprint density at radius 2 is 2.11 bits per heavy atom. The van der Waals surface area contributed by atoms with Crippen molar-refractivity contribution in [3.8, 4) is 0 Å². The molecular weight excluding hydrogens is 300 g/mol. The van der Waals surface area contributed by atoms with E-state index in [0.717, 1.165) is 28.9 Å². The van der Waals surface area contributed by atoms with Crippen LogP contribution in [0.15, 0.2) is 22.7 Å². The lowest BCUT2D eigenvalue weighted by molar-refractivity contribution is 0.510. The van der Waals surface area contributed by atoms with Crippen molar-refractivity contribution in [2.75, 3.05) is 0 Å². The highest BCUT2D eigenvalue weighted by atomic mass is 79.9. The van der Waals surface area contributed by atoms with E-state index in [4.69, 9.17) is 4.98 Å². The summed E-state index contributed by atoms with van der Waals surface area (Å²) in [4.78, 5) is 4.89. The molecule has 2 nitrogen and oxygen atoms in total. The topological polar surface area (TPSA) is 17.8 Å². The summed E-state index contributed by atoms with van der Waals surface area (Å²) in [7, 11) is 0. The van der Waals surface area contributed by atoms with Crippen molar-refractivity contribution >= 4 is 27.0 Å². The van der Waals surface area contributed by atoms with E-state index in [1.165, 1.54) is 43.4 Å². The molecule has 1 aliphatic carbocycles. The fraction of sp³-hybridized carbons (Fsp3) is 0.562. The Morgan fingerprint density at radius 1 is 1.32 bits per heavy atom. The fourth-order valence-corrected chi connectivity index (χ4v) is 3.60. The molecule has 0 bridgehead atoms. The van der Waals surface area contributed by atoms with Crippen molar-refractivity contribution in [3.05, 3.63) is 28.5 Å². The van der Waals surface area contributed by atoms with Gasteiger partial charge < -0.3 is 4.57 Å². The van der Waals surface area contributed by atoms with Crippen molar-refractivity contribution in [2.45, 2.75) is 52.0 Å². The molecule has 0 N–H and O–H groups in total. The van der Waals surface area contributed by atoms with Gasteiger partial charge in [-0.3, -0.25) is 0 Å². The highest BCUT2D eigenvalue weighted by molar-refractivity contribution is 9.10. The summed E-state index contributed by atoms with van der Waals surface area (Å²) in [5, 5.41) is 0. The summed E-state index contributed by atoms with van der Waals surface area (Å²) in [6.45, 7) is 3.32. The van der Waals surface area contributed by atoms with Gasteiger partial charge in [-0.15, -0.1) is 0 Å². The molecule has 2 aromatic rings. The van der Waals surface area contributed by atoms with Crippen molar-refractivity contribution < 1.29 is 0 Å². The average molecular weight is 321 g/mol. The van der Waals surface area contributed by atoms with Gasteiger partial charge in [-0.2, -0.15) is 0 Å². The van der Waals surface area contributed by atoms with E-state index in [0.29, 0.717) is 0 Å². The van der Waals surface area contributed by atoms with Gasteiger partial charge in [0, 0.05) is 17.4 Å². The molecule has 0 aliphatic heterocycles. The number of imidazole rings is 1. The number of aryl methyl sites for hydroxylation is 1. The predicted octanol–water partition coefficient (Wildman–Crippen LogP) is 4.94. The molecule has 0 amide bonds. The molecule has 19 heavy (non-hydrogen) atoms. The molecule has 1 fully saturated rings. The van der Waals surface area contributed by atoms with Crippen LogP contribution in [0.5, 0.6) is 0 Å². The van der Waals surface area contributed by atoms with Crippen LogP contribution < -0.4 is 0 Å². The second-order valence-corrected chi connectivity index (χ2v) is 6.58. The molecule has 102 valence electrons. The van der Waals surface area contributed by atoms with Gasteiger partial charge in [-0.25, -0.2) is 4.98 Å². The number of benzene rings is 1. The van der Waals surface area contributed by atoms with E-state index < -0.39 is 0 Å². The average Bonchev–Trinajstić information content (AvgIpc) is 2.99. The first-order valence-electron chi connectivity index (χ1n) is 7.42. The zero-order valence-corrected chi connectivity index (χ0v) is 13.1. The molecule has 1 aromatic carbocycles. The lowest BCUT2D eigenvalue weighted by atomic mass is 10.0. The van der Waals surface area contributed by atoms with Crippen LogP contribution in [0, 0.1) is 5.92 Å². The molecule has 1 aliphatic rings. The lowest BCUT2D eigenvalue weighted by Crippen LogP contribution is -2.08. The van der Waals surface area contributed by atoms with Gasteiger partial charge in [-0.1, -0.05) is 48.5 Å². The maximum Gasteiger partial charge on any atom is 0.110 e. The zero-order valence-electron chi connectivity index (χ0n) is 11.5. The second-order valence-electron chi connectivity index (χ2n) is 5.67. The minimum absolute atomic E-state index is 0.857. The van der Waals surface area contributed by atoms with Crippen LogP contribution in [0.1, 0.15) is 44.9 Å². The largest absolute Gasteiger partial charge is 0.328 e. The Labute approximate surface area is 123 Å².